The molecule has 0 atom stereocenters. The minimum Gasteiger partial charge on any atom is -0.465 e. The molecule has 0 unspecified atom stereocenters. The van der Waals surface area contributed by atoms with Crippen LogP contribution in [0.5, 0.6) is 0 Å². The molecule has 140 valence electrons. The third-order valence-corrected chi connectivity index (χ3v) is 5.66. The highest BCUT2D eigenvalue weighted by Gasteiger charge is 2.30. The standard InChI is InChI=1S/C16H19N3O6S/c1-10-15(11(2)25-18-10)26(22,23)19(3)9-14(20)17-13-8-6-5-7-12(13)16(21)24-4/h5-8H,9H2,1-4H3,(H,17,20). The van der Waals surface area contributed by atoms with Gasteiger partial charge in [0.05, 0.1) is 24.9 Å². The molecule has 1 N–H and O–H groups in total. The van der Waals surface area contributed by atoms with Gasteiger partial charge in [-0.2, -0.15) is 4.31 Å². The van der Waals surface area contributed by atoms with Gasteiger partial charge in [-0.15, -0.1) is 0 Å². The summed E-state index contributed by atoms with van der Waals surface area (Å²) in [4.78, 5) is 23.9. The molecule has 0 fully saturated rings. The predicted octanol–water partition coefficient (Wildman–Crippen LogP) is 1.34. The molecule has 2 rings (SSSR count). The molecule has 10 heteroatoms. The molecule has 0 aliphatic rings. The maximum atomic E-state index is 12.6. The second-order valence-electron chi connectivity index (χ2n) is 5.50. The van der Waals surface area contributed by atoms with Gasteiger partial charge in [0.2, 0.25) is 15.9 Å². The van der Waals surface area contributed by atoms with Gasteiger partial charge in [0.1, 0.15) is 10.6 Å². The summed E-state index contributed by atoms with van der Waals surface area (Å²) in [6.07, 6.45) is 0. The number of methoxy groups -OCH3 is 1. The number of anilines is 1. The molecule has 0 saturated heterocycles. The molecule has 1 aromatic carbocycles. The van der Waals surface area contributed by atoms with E-state index in [-0.39, 0.29) is 27.6 Å². The minimum absolute atomic E-state index is 0.0669. The summed E-state index contributed by atoms with van der Waals surface area (Å²) < 4.78 is 35.7. The van der Waals surface area contributed by atoms with Crippen molar-refractivity contribution in [2.75, 3.05) is 26.0 Å². The predicted molar refractivity (Wildman–Crippen MR) is 92.2 cm³/mol. The van der Waals surface area contributed by atoms with E-state index in [0.717, 1.165) is 4.31 Å². The first-order valence-corrected chi connectivity index (χ1v) is 8.99. The van der Waals surface area contributed by atoms with Crippen LogP contribution in [0.1, 0.15) is 21.8 Å². The number of aromatic nitrogens is 1. The number of amides is 1. The van der Waals surface area contributed by atoms with Crippen molar-refractivity contribution in [2.45, 2.75) is 18.7 Å². The summed E-state index contributed by atoms with van der Waals surface area (Å²) in [5.41, 5.74) is 0.609. The molecular weight excluding hydrogens is 362 g/mol. The van der Waals surface area contributed by atoms with Crippen LogP contribution in [0.3, 0.4) is 0 Å². The van der Waals surface area contributed by atoms with E-state index in [1.54, 1.807) is 12.1 Å². The molecule has 1 aromatic heterocycles. The van der Waals surface area contributed by atoms with Crippen molar-refractivity contribution in [3.63, 3.8) is 0 Å². The van der Waals surface area contributed by atoms with Crippen LogP contribution < -0.4 is 5.32 Å². The summed E-state index contributed by atoms with van der Waals surface area (Å²) in [5, 5.41) is 6.14. The second-order valence-corrected chi connectivity index (χ2v) is 7.48. The quantitative estimate of drug-likeness (QED) is 0.750. The molecule has 0 spiro atoms. The van der Waals surface area contributed by atoms with E-state index in [1.165, 1.54) is 40.1 Å². The average molecular weight is 381 g/mol. The lowest BCUT2D eigenvalue weighted by Crippen LogP contribution is -2.35. The number of rotatable bonds is 6. The fourth-order valence-corrected chi connectivity index (χ4v) is 3.77. The molecule has 1 amide bonds. The molecule has 1 heterocycles. The molecule has 0 aliphatic heterocycles. The smallest absolute Gasteiger partial charge is 0.339 e. The Morgan fingerprint density at radius 2 is 1.92 bits per heavy atom. The number of likely N-dealkylation sites (N-methyl/N-ethyl adjacent to an activating group) is 1. The van der Waals surface area contributed by atoms with E-state index in [9.17, 15) is 18.0 Å². The monoisotopic (exact) mass is 381 g/mol. The van der Waals surface area contributed by atoms with E-state index in [0.29, 0.717) is 0 Å². The molecule has 0 bridgehead atoms. The van der Waals surface area contributed by atoms with Gasteiger partial charge in [0.15, 0.2) is 5.76 Å². The zero-order chi connectivity index (χ0) is 19.5. The topological polar surface area (TPSA) is 119 Å². The number of aryl methyl sites for hydroxylation is 2. The summed E-state index contributed by atoms with van der Waals surface area (Å²) >= 11 is 0. The number of hydrogen-bond acceptors (Lipinski definition) is 7. The number of para-hydroxylation sites is 1. The molecule has 0 aliphatic carbocycles. The van der Waals surface area contributed by atoms with Crippen molar-refractivity contribution < 1.29 is 27.3 Å². The molecule has 26 heavy (non-hydrogen) atoms. The summed E-state index contributed by atoms with van der Waals surface area (Å²) in [6, 6.07) is 6.26. The van der Waals surface area contributed by atoms with Gasteiger partial charge in [-0.1, -0.05) is 17.3 Å². The molecule has 0 saturated carbocycles. The van der Waals surface area contributed by atoms with Crippen LogP contribution in [0.2, 0.25) is 0 Å². The van der Waals surface area contributed by atoms with Crippen molar-refractivity contribution in [2.24, 2.45) is 0 Å². The lowest BCUT2D eigenvalue weighted by atomic mass is 10.2. The SMILES string of the molecule is COC(=O)c1ccccc1NC(=O)CN(C)S(=O)(=O)c1c(C)noc1C. The van der Waals surface area contributed by atoms with Crippen LogP contribution in [-0.2, 0) is 19.6 Å². The van der Waals surface area contributed by atoms with Crippen LogP contribution >= 0.6 is 0 Å². The lowest BCUT2D eigenvalue weighted by Gasteiger charge is -2.17. The number of ether oxygens (including phenoxy) is 1. The van der Waals surface area contributed by atoms with Gasteiger partial charge in [0.25, 0.3) is 0 Å². The summed E-state index contributed by atoms with van der Waals surface area (Å²) in [5.74, 6) is -1.08. The number of carbonyl (C=O) groups is 2. The third kappa shape index (κ3) is 3.92. The first-order chi connectivity index (χ1) is 12.2. The molecular formula is C16H19N3O6S. The van der Waals surface area contributed by atoms with Gasteiger partial charge in [-0.25, -0.2) is 13.2 Å². The van der Waals surface area contributed by atoms with Gasteiger partial charge >= 0.3 is 5.97 Å². The van der Waals surface area contributed by atoms with E-state index < -0.39 is 28.4 Å². The average Bonchev–Trinajstić information content (AvgIpc) is 2.93. The number of sulfonamides is 1. The summed E-state index contributed by atoms with van der Waals surface area (Å²) in [7, 11) is -1.45. The summed E-state index contributed by atoms with van der Waals surface area (Å²) in [6.45, 7) is 2.53. The maximum absolute atomic E-state index is 12.6. The Morgan fingerprint density at radius 1 is 1.27 bits per heavy atom. The molecule has 2 aromatic rings. The molecule has 0 radical (unpaired) electrons. The van der Waals surface area contributed by atoms with Crippen LogP contribution in [-0.4, -0.2) is 50.5 Å². The van der Waals surface area contributed by atoms with Crippen molar-refractivity contribution >= 4 is 27.6 Å². The number of nitrogens with zero attached hydrogens (tertiary/aromatic N) is 2. The zero-order valence-electron chi connectivity index (χ0n) is 14.8. The van der Waals surface area contributed by atoms with Crippen LogP contribution in [0.15, 0.2) is 33.7 Å². The number of esters is 1. The first kappa shape index (κ1) is 19.6. The van der Waals surface area contributed by atoms with Crippen molar-refractivity contribution in [3.05, 3.63) is 41.3 Å². The van der Waals surface area contributed by atoms with Gasteiger partial charge in [0, 0.05) is 7.05 Å². The Kier molecular flexibility index (Phi) is 5.78. The highest BCUT2D eigenvalue weighted by Crippen LogP contribution is 2.22. The number of nitrogens with one attached hydrogen (secondary N) is 1. The Morgan fingerprint density at radius 3 is 2.50 bits per heavy atom. The van der Waals surface area contributed by atoms with Crippen LogP contribution in [0.4, 0.5) is 5.69 Å². The van der Waals surface area contributed by atoms with Crippen molar-refractivity contribution in [3.8, 4) is 0 Å². The second kappa shape index (κ2) is 7.67. The van der Waals surface area contributed by atoms with E-state index >= 15 is 0 Å². The van der Waals surface area contributed by atoms with Gasteiger partial charge in [-0.3, -0.25) is 4.79 Å². The highest BCUT2D eigenvalue weighted by atomic mass is 32.2. The number of carbonyl (C=O) groups excluding carboxylic acids is 2. The maximum Gasteiger partial charge on any atom is 0.339 e. The van der Waals surface area contributed by atoms with E-state index in [2.05, 4.69) is 15.2 Å². The zero-order valence-corrected chi connectivity index (χ0v) is 15.6. The van der Waals surface area contributed by atoms with E-state index in [4.69, 9.17) is 4.52 Å². The fourth-order valence-electron chi connectivity index (χ4n) is 2.36. The number of benzene rings is 1. The Hall–Kier alpha value is -2.72. The van der Waals surface area contributed by atoms with Crippen molar-refractivity contribution in [1.82, 2.24) is 9.46 Å². The lowest BCUT2D eigenvalue weighted by molar-refractivity contribution is -0.116. The Bertz CT molecular complexity index is 916. The largest absolute Gasteiger partial charge is 0.465 e. The minimum atomic E-state index is -3.95. The van der Waals surface area contributed by atoms with Gasteiger partial charge in [-0.05, 0) is 26.0 Å². The Balaban J connectivity index is 2.17. The van der Waals surface area contributed by atoms with Crippen LogP contribution in [0.25, 0.3) is 0 Å². The first-order valence-electron chi connectivity index (χ1n) is 7.55. The van der Waals surface area contributed by atoms with Crippen molar-refractivity contribution in [1.29, 1.82) is 0 Å². The van der Waals surface area contributed by atoms with E-state index in [1.807, 2.05) is 0 Å². The normalized spacial score (nSPS) is 11.4. The van der Waals surface area contributed by atoms with Gasteiger partial charge < -0.3 is 14.6 Å². The number of hydrogen-bond donors (Lipinski definition) is 1. The van der Waals surface area contributed by atoms with Crippen LogP contribution in [0, 0.1) is 13.8 Å². The highest BCUT2D eigenvalue weighted by molar-refractivity contribution is 7.89. The molecule has 9 nitrogen and oxygen atoms in total. The fraction of sp³-hybridized carbons (Fsp3) is 0.312. The third-order valence-electron chi connectivity index (χ3n) is 3.61. The Labute approximate surface area is 151 Å².